The number of allylic oxidation sites excluding steroid dienone is 3. The van der Waals surface area contributed by atoms with Crippen LogP contribution in [-0.4, -0.2) is 41.8 Å². The van der Waals surface area contributed by atoms with E-state index in [-0.39, 0.29) is 11.0 Å². The van der Waals surface area contributed by atoms with Gasteiger partial charge in [0, 0.05) is 35.0 Å². The van der Waals surface area contributed by atoms with Crippen LogP contribution in [0.5, 0.6) is 0 Å². The van der Waals surface area contributed by atoms with Crippen LogP contribution in [0.15, 0.2) is 58.6 Å². The average molecular weight is 480 g/mol. The number of aliphatic hydroxyl groups is 1. The Kier molecular flexibility index (Phi) is 5.19. The Bertz CT molecular complexity index is 1310. The summed E-state index contributed by atoms with van der Waals surface area (Å²) in [5, 5.41) is 30.8. The summed E-state index contributed by atoms with van der Waals surface area (Å²) < 4.78 is 1.92. The van der Waals surface area contributed by atoms with Crippen LogP contribution in [-0.2, 0) is 12.1 Å². The highest BCUT2D eigenvalue weighted by atomic mass is 32.1. The quantitative estimate of drug-likeness (QED) is 0.543. The van der Waals surface area contributed by atoms with E-state index in [4.69, 9.17) is 10.1 Å². The van der Waals surface area contributed by atoms with Crippen molar-refractivity contribution in [2.24, 2.45) is 10.4 Å². The van der Waals surface area contributed by atoms with Crippen molar-refractivity contribution < 1.29 is 5.11 Å². The Labute approximate surface area is 200 Å². The molecular weight excluding hydrogens is 454 g/mol. The Hall–Kier alpha value is -2.95. The minimum absolute atomic E-state index is 0.234. The van der Waals surface area contributed by atoms with Gasteiger partial charge in [-0.2, -0.15) is 5.10 Å². The lowest BCUT2D eigenvalue weighted by molar-refractivity contribution is 0.101. The fraction of sp³-hybridized carbons (Fsp3) is 0.348. The van der Waals surface area contributed by atoms with Gasteiger partial charge in [-0.25, -0.2) is 4.98 Å². The van der Waals surface area contributed by atoms with Crippen molar-refractivity contribution in [3.63, 3.8) is 0 Å². The number of dihydropyridines is 1. The van der Waals surface area contributed by atoms with E-state index in [2.05, 4.69) is 58.6 Å². The summed E-state index contributed by atoms with van der Waals surface area (Å²) in [4.78, 5) is 9.23. The van der Waals surface area contributed by atoms with Gasteiger partial charge < -0.3 is 10.4 Å². The molecule has 0 saturated carbocycles. The minimum atomic E-state index is -1.28. The van der Waals surface area contributed by atoms with Gasteiger partial charge in [-0.3, -0.25) is 9.67 Å². The number of nitrogens with one attached hydrogen (secondary N) is 1. The molecule has 0 spiro atoms. The number of anilines is 2. The molecule has 3 unspecified atom stereocenters. The zero-order chi connectivity index (χ0) is 23.3. The molecular formula is C23H25N7OS2. The summed E-state index contributed by atoms with van der Waals surface area (Å²) in [6, 6.07) is 1.91. The maximum atomic E-state index is 11.0. The van der Waals surface area contributed by atoms with Gasteiger partial charge in [0.25, 0.3) is 0 Å². The molecule has 0 fully saturated rings. The molecule has 0 aromatic carbocycles. The normalized spacial score (nSPS) is 25.5. The first-order valence-electron chi connectivity index (χ1n) is 10.6. The lowest BCUT2D eigenvalue weighted by Crippen LogP contribution is -2.47. The van der Waals surface area contributed by atoms with E-state index in [9.17, 15) is 5.11 Å². The van der Waals surface area contributed by atoms with Crippen molar-refractivity contribution in [3.8, 4) is 0 Å². The number of nitrogens with zero attached hydrogens (tertiary/aromatic N) is 6. The number of aliphatic imine (C=N–C) groups is 1. The summed E-state index contributed by atoms with van der Waals surface area (Å²) in [6.45, 7) is 8.64. The van der Waals surface area contributed by atoms with Gasteiger partial charge in [0.2, 0.25) is 5.13 Å². The van der Waals surface area contributed by atoms with E-state index in [0.29, 0.717) is 27.5 Å². The van der Waals surface area contributed by atoms with E-state index in [1.807, 2.05) is 41.5 Å². The van der Waals surface area contributed by atoms with Crippen molar-refractivity contribution in [2.45, 2.75) is 45.4 Å². The monoisotopic (exact) mass is 479 g/mol. The van der Waals surface area contributed by atoms with Crippen molar-refractivity contribution in [2.75, 3.05) is 5.32 Å². The van der Waals surface area contributed by atoms with Gasteiger partial charge in [-0.05, 0) is 32.4 Å². The molecule has 8 nitrogen and oxygen atoms in total. The van der Waals surface area contributed by atoms with Crippen LogP contribution in [0.25, 0.3) is 0 Å². The van der Waals surface area contributed by atoms with Crippen molar-refractivity contribution in [1.29, 1.82) is 0 Å². The molecule has 1 aliphatic heterocycles. The maximum Gasteiger partial charge on any atom is 0.211 e. The highest BCUT2D eigenvalue weighted by molar-refractivity contribution is 7.15. The average Bonchev–Trinajstić information content (AvgIpc) is 3.51. The fourth-order valence-electron chi connectivity index (χ4n) is 4.11. The van der Waals surface area contributed by atoms with Gasteiger partial charge in [0.05, 0.1) is 12.1 Å². The van der Waals surface area contributed by atoms with E-state index >= 15 is 0 Å². The van der Waals surface area contributed by atoms with E-state index < -0.39 is 5.60 Å². The molecule has 0 amide bonds. The number of hydrogen-bond donors (Lipinski definition) is 2. The number of hydrogen-bond acceptors (Lipinski definition) is 9. The van der Waals surface area contributed by atoms with Gasteiger partial charge in [-0.15, -0.1) is 21.5 Å². The Morgan fingerprint density at radius 3 is 2.85 bits per heavy atom. The topological polar surface area (TPSA) is 101 Å². The predicted molar refractivity (Wildman–Crippen MR) is 132 cm³/mol. The third-order valence-corrected chi connectivity index (χ3v) is 8.57. The summed E-state index contributed by atoms with van der Waals surface area (Å²) in [5.74, 6) is 0.666. The van der Waals surface area contributed by atoms with Crippen LogP contribution >= 0.6 is 22.7 Å². The molecule has 3 aromatic rings. The smallest absolute Gasteiger partial charge is 0.211 e. The highest BCUT2D eigenvalue weighted by Crippen LogP contribution is 2.46. The van der Waals surface area contributed by atoms with Gasteiger partial charge in [0.1, 0.15) is 5.01 Å². The molecule has 5 rings (SSSR count). The lowest BCUT2D eigenvalue weighted by Gasteiger charge is -2.45. The molecule has 0 radical (unpaired) electrons. The Balaban J connectivity index is 1.32. The van der Waals surface area contributed by atoms with Crippen LogP contribution < -0.4 is 5.32 Å². The lowest BCUT2D eigenvalue weighted by atomic mass is 9.65. The van der Waals surface area contributed by atoms with E-state index in [1.165, 1.54) is 28.2 Å². The van der Waals surface area contributed by atoms with Crippen LogP contribution in [0.4, 0.5) is 10.9 Å². The molecule has 170 valence electrons. The first kappa shape index (κ1) is 21.9. The van der Waals surface area contributed by atoms with Crippen LogP contribution in [0, 0.1) is 12.3 Å². The zero-order valence-corrected chi connectivity index (χ0v) is 20.5. The molecule has 33 heavy (non-hydrogen) atoms. The van der Waals surface area contributed by atoms with E-state index in [0.717, 1.165) is 5.69 Å². The SMILES string of the molecule is Cc1csc(C(C)(O)c2nnc(Nc3ccn(CC4(C)C=CC=C5C=CC=NC54C)n3)s2)n1. The molecule has 3 atom stereocenters. The molecule has 1 aliphatic carbocycles. The molecule has 10 heteroatoms. The summed E-state index contributed by atoms with van der Waals surface area (Å²) >= 11 is 2.70. The van der Waals surface area contributed by atoms with E-state index in [1.54, 1.807) is 6.92 Å². The van der Waals surface area contributed by atoms with Crippen LogP contribution in [0.3, 0.4) is 0 Å². The largest absolute Gasteiger partial charge is 0.376 e. The Morgan fingerprint density at radius 1 is 1.21 bits per heavy atom. The standard InChI is InChI=1S/C23H25N7OS2/c1-15-13-32-18(25-15)22(3,31)19-27-28-20(33-19)26-17-9-12-30(29-17)14-21(2)10-5-7-16-8-6-11-24-23(16,21)4/h5-13,31H,14H2,1-4H3,(H,26,28,29). The zero-order valence-electron chi connectivity index (χ0n) is 18.9. The second-order valence-electron chi connectivity index (χ2n) is 8.91. The second kappa shape index (κ2) is 7.82. The van der Waals surface area contributed by atoms with Crippen molar-refractivity contribution >= 4 is 39.8 Å². The number of aryl methyl sites for hydroxylation is 1. The van der Waals surface area contributed by atoms with Gasteiger partial charge in [-0.1, -0.05) is 42.6 Å². The highest BCUT2D eigenvalue weighted by Gasteiger charge is 2.47. The molecule has 3 aromatic heterocycles. The van der Waals surface area contributed by atoms with Crippen LogP contribution in [0.1, 0.15) is 36.5 Å². The maximum absolute atomic E-state index is 11.0. The molecule has 2 N–H and O–H groups in total. The number of fused-ring (bicyclic) bond motifs is 1. The first-order valence-corrected chi connectivity index (χ1v) is 12.3. The van der Waals surface area contributed by atoms with Gasteiger partial charge >= 0.3 is 0 Å². The third-order valence-electron chi connectivity index (χ3n) is 6.35. The molecule has 2 aliphatic rings. The number of rotatable bonds is 6. The molecule has 4 heterocycles. The van der Waals surface area contributed by atoms with Gasteiger partial charge in [0.15, 0.2) is 16.4 Å². The summed E-state index contributed by atoms with van der Waals surface area (Å²) in [7, 11) is 0. The minimum Gasteiger partial charge on any atom is -0.376 e. The Morgan fingerprint density at radius 2 is 2.06 bits per heavy atom. The predicted octanol–water partition coefficient (Wildman–Crippen LogP) is 4.40. The fourth-order valence-corrected chi connectivity index (χ4v) is 5.83. The summed E-state index contributed by atoms with van der Waals surface area (Å²) in [6.07, 6.45) is 14.4. The second-order valence-corrected chi connectivity index (χ2v) is 10.7. The first-order chi connectivity index (χ1) is 15.7. The number of thiazole rings is 1. The number of aromatic nitrogens is 5. The third kappa shape index (κ3) is 3.77. The molecule has 0 saturated heterocycles. The summed E-state index contributed by atoms with van der Waals surface area (Å²) in [5.41, 5.74) is 0.209. The van der Waals surface area contributed by atoms with Crippen molar-refractivity contribution in [3.05, 3.63) is 69.3 Å². The van der Waals surface area contributed by atoms with Crippen LogP contribution in [0.2, 0.25) is 0 Å². The van der Waals surface area contributed by atoms with Crippen molar-refractivity contribution in [1.82, 2.24) is 25.0 Å². The molecule has 0 bridgehead atoms.